The van der Waals surface area contributed by atoms with E-state index in [2.05, 4.69) is 48.0 Å². The maximum Gasteiger partial charge on any atom is 0.0449 e. The van der Waals surface area contributed by atoms with Gasteiger partial charge in [0.1, 0.15) is 0 Å². The molecule has 100 valence electrons. The standard InChI is InChI=1S/C16H17BrClN/c1-10-4-3-5-14(11(10)2)16(19)8-12-6-7-13(17)9-15(12)18/h3-7,9,16H,8,19H2,1-2H3. The summed E-state index contributed by atoms with van der Waals surface area (Å²) in [5, 5.41) is 0.759. The zero-order valence-corrected chi connectivity index (χ0v) is 13.4. The number of hydrogen-bond acceptors (Lipinski definition) is 1. The van der Waals surface area contributed by atoms with Crippen LogP contribution in [0.4, 0.5) is 0 Å². The van der Waals surface area contributed by atoms with Crippen LogP contribution in [0.25, 0.3) is 0 Å². The summed E-state index contributed by atoms with van der Waals surface area (Å²) in [6.07, 6.45) is 0.746. The van der Waals surface area contributed by atoms with Crippen molar-refractivity contribution in [3.63, 3.8) is 0 Å². The first-order valence-electron chi connectivity index (χ1n) is 6.24. The highest BCUT2D eigenvalue weighted by Gasteiger charge is 2.12. The second-order valence-electron chi connectivity index (χ2n) is 4.84. The molecule has 19 heavy (non-hydrogen) atoms. The lowest BCUT2D eigenvalue weighted by Crippen LogP contribution is -2.15. The van der Waals surface area contributed by atoms with Crippen molar-refractivity contribution in [3.8, 4) is 0 Å². The fourth-order valence-electron chi connectivity index (χ4n) is 2.21. The van der Waals surface area contributed by atoms with Gasteiger partial charge in [-0.2, -0.15) is 0 Å². The summed E-state index contributed by atoms with van der Waals surface area (Å²) in [5.41, 5.74) is 11.1. The van der Waals surface area contributed by atoms with Gasteiger partial charge in [-0.3, -0.25) is 0 Å². The lowest BCUT2D eigenvalue weighted by atomic mass is 9.94. The third-order valence-electron chi connectivity index (χ3n) is 3.50. The van der Waals surface area contributed by atoms with Gasteiger partial charge in [0.15, 0.2) is 0 Å². The molecular formula is C16H17BrClN. The van der Waals surface area contributed by atoms with E-state index >= 15 is 0 Å². The largest absolute Gasteiger partial charge is 0.324 e. The Morgan fingerprint density at radius 3 is 2.63 bits per heavy atom. The van der Waals surface area contributed by atoms with Crippen LogP contribution in [0.1, 0.15) is 28.3 Å². The summed E-state index contributed by atoms with van der Waals surface area (Å²) in [5.74, 6) is 0. The highest BCUT2D eigenvalue weighted by molar-refractivity contribution is 9.10. The van der Waals surface area contributed by atoms with Crippen molar-refractivity contribution in [3.05, 3.63) is 68.1 Å². The predicted molar refractivity (Wildman–Crippen MR) is 85.7 cm³/mol. The van der Waals surface area contributed by atoms with Crippen molar-refractivity contribution in [2.45, 2.75) is 26.3 Å². The van der Waals surface area contributed by atoms with Crippen molar-refractivity contribution in [1.29, 1.82) is 0 Å². The number of rotatable bonds is 3. The van der Waals surface area contributed by atoms with Gasteiger partial charge in [-0.25, -0.2) is 0 Å². The number of aryl methyl sites for hydroxylation is 1. The van der Waals surface area contributed by atoms with Crippen LogP contribution < -0.4 is 5.73 Å². The van der Waals surface area contributed by atoms with Gasteiger partial charge in [0, 0.05) is 15.5 Å². The monoisotopic (exact) mass is 337 g/mol. The predicted octanol–water partition coefficient (Wildman–Crippen LogP) is 4.96. The minimum absolute atomic E-state index is 0.0291. The van der Waals surface area contributed by atoms with E-state index in [1.807, 2.05) is 18.2 Å². The minimum Gasteiger partial charge on any atom is -0.324 e. The number of hydrogen-bond donors (Lipinski definition) is 1. The Hall–Kier alpha value is -0.830. The molecule has 2 aromatic rings. The Kier molecular flexibility index (Phi) is 4.67. The van der Waals surface area contributed by atoms with E-state index in [1.165, 1.54) is 16.7 Å². The van der Waals surface area contributed by atoms with Gasteiger partial charge in [0.25, 0.3) is 0 Å². The van der Waals surface area contributed by atoms with Crippen LogP contribution in [0.15, 0.2) is 40.9 Å². The fourth-order valence-corrected chi connectivity index (χ4v) is 2.96. The molecule has 0 heterocycles. The van der Waals surface area contributed by atoms with Crippen LogP contribution in [-0.4, -0.2) is 0 Å². The summed E-state index contributed by atoms with van der Waals surface area (Å²) in [6, 6.07) is 12.2. The molecule has 0 aromatic heterocycles. The van der Waals surface area contributed by atoms with Gasteiger partial charge >= 0.3 is 0 Å². The van der Waals surface area contributed by atoms with Crippen molar-refractivity contribution < 1.29 is 0 Å². The van der Waals surface area contributed by atoms with Crippen LogP contribution >= 0.6 is 27.5 Å². The molecule has 2 N–H and O–H groups in total. The third-order valence-corrected chi connectivity index (χ3v) is 4.35. The number of nitrogens with two attached hydrogens (primary N) is 1. The molecule has 2 rings (SSSR count). The fraction of sp³-hybridized carbons (Fsp3) is 0.250. The summed E-state index contributed by atoms with van der Waals surface area (Å²) >= 11 is 9.66. The van der Waals surface area contributed by atoms with E-state index in [4.69, 9.17) is 17.3 Å². The number of halogens is 2. The molecule has 0 saturated heterocycles. The second kappa shape index (κ2) is 6.08. The second-order valence-corrected chi connectivity index (χ2v) is 6.16. The van der Waals surface area contributed by atoms with Crippen molar-refractivity contribution in [2.75, 3.05) is 0 Å². The van der Waals surface area contributed by atoms with Crippen LogP contribution in [0.5, 0.6) is 0 Å². The van der Waals surface area contributed by atoms with E-state index in [0.717, 1.165) is 21.5 Å². The molecule has 0 radical (unpaired) electrons. The first-order chi connectivity index (χ1) is 8.99. The lowest BCUT2D eigenvalue weighted by molar-refractivity contribution is 0.715. The Labute approximate surface area is 127 Å². The molecule has 1 unspecified atom stereocenters. The van der Waals surface area contributed by atoms with Crippen LogP contribution in [0.3, 0.4) is 0 Å². The molecule has 0 aliphatic carbocycles. The van der Waals surface area contributed by atoms with Gasteiger partial charge in [-0.1, -0.05) is 51.8 Å². The average molecular weight is 339 g/mol. The van der Waals surface area contributed by atoms with Crippen LogP contribution in [-0.2, 0) is 6.42 Å². The van der Waals surface area contributed by atoms with Gasteiger partial charge in [-0.15, -0.1) is 0 Å². The summed E-state index contributed by atoms with van der Waals surface area (Å²) in [4.78, 5) is 0. The molecule has 0 saturated carbocycles. The maximum atomic E-state index is 6.33. The molecule has 0 spiro atoms. The van der Waals surface area contributed by atoms with E-state index < -0.39 is 0 Å². The van der Waals surface area contributed by atoms with E-state index in [9.17, 15) is 0 Å². The number of benzene rings is 2. The van der Waals surface area contributed by atoms with Gasteiger partial charge < -0.3 is 5.73 Å². The van der Waals surface area contributed by atoms with E-state index in [0.29, 0.717) is 0 Å². The molecule has 0 amide bonds. The summed E-state index contributed by atoms with van der Waals surface area (Å²) in [7, 11) is 0. The molecule has 0 fully saturated rings. The van der Waals surface area contributed by atoms with E-state index in [1.54, 1.807) is 0 Å². The first kappa shape index (κ1) is 14.6. The normalized spacial score (nSPS) is 12.5. The third kappa shape index (κ3) is 3.38. The highest BCUT2D eigenvalue weighted by Crippen LogP contribution is 2.27. The summed E-state index contributed by atoms with van der Waals surface area (Å²) in [6.45, 7) is 4.23. The molecule has 1 nitrogen and oxygen atoms in total. The highest BCUT2D eigenvalue weighted by atomic mass is 79.9. The molecule has 0 aliphatic rings. The Bertz CT molecular complexity index is 595. The first-order valence-corrected chi connectivity index (χ1v) is 7.41. The minimum atomic E-state index is -0.0291. The maximum absolute atomic E-state index is 6.33. The molecule has 1 atom stereocenters. The zero-order chi connectivity index (χ0) is 14.0. The van der Waals surface area contributed by atoms with Crippen LogP contribution in [0, 0.1) is 13.8 Å². The SMILES string of the molecule is Cc1cccc(C(N)Cc2ccc(Br)cc2Cl)c1C. The quantitative estimate of drug-likeness (QED) is 0.841. The molecular weight excluding hydrogens is 322 g/mol. The van der Waals surface area contributed by atoms with Crippen LogP contribution in [0.2, 0.25) is 5.02 Å². The Morgan fingerprint density at radius 2 is 1.95 bits per heavy atom. The Balaban J connectivity index is 2.25. The smallest absolute Gasteiger partial charge is 0.0449 e. The van der Waals surface area contributed by atoms with Crippen molar-refractivity contribution >= 4 is 27.5 Å². The van der Waals surface area contributed by atoms with Gasteiger partial charge in [0.05, 0.1) is 0 Å². The van der Waals surface area contributed by atoms with Gasteiger partial charge in [-0.05, 0) is 54.7 Å². The van der Waals surface area contributed by atoms with Crippen molar-refractivity contribution in [2.24, 2.45) is 5.73 Å². The lowest BCUT2D eigenvalue weighted by Gasteiger charge is -2.17. The summed E-state index contributed by atoms with van der Waals surface area (Å²) < 4.78 is 0.988. The van der Waals surface area contributed by atoms with Crippen molar-refractivity contribution in [1.82, 2.24) is 0 Å². The Morgan fingerprint density at radius 1 is 1.21 bits per heavy atom. The molecule has 0 aliphatic heterocycles. The molecule has 2 aromatic carbocycles. The zero-order valence-electron chi connectivity index (χ0n) is 11.1. The van der Waals surface area contributed by atoms with E-state index in [-0.39, 0.29) is 6.04 Å². The van der Waals surface area contributed by atoms with Gasteiger partial charge in [0.2, 0.25) is 0 Å². The molecule has 0 bridgehead atoms. The molecule has 3 heteroatoms. The average Bonchev–Trinajstić information content (AvgIpc) is 2.36. The topological polar surface area (TPSA) is 26.0 Å².